The van der Waals surface area contributed by atoms with Gasteiger partial charge in [0.1, 0.15) is 5.75 Å². The molecule has 30 heavy (non-hydrogen) atoms. The third-order valence-electron chi connectivity index (χ3n) is 4.54. The van der Waals surface area contributed by atoms with Gasteiger partial charge in [0.2, 0.25) is 0 Å². The summed E-state index contributed by atoms with van der Waals surface area (Å²) < 4.78 is 10.2. The van der Waals surface area contributed by atoms with Crippen LogP contribution in [0.1, 0.15) is 20.7 Å². The van der Waals surface area contributed by atoms with E-state index in [0.717, 1.165) is 0 Å². The van der Waals surface area contributed by atoms with Gasteiger partial charge in [0.05, 0.1) is 23.9 Å². The number of nitrogens with one attached hydrogen (secondary N) is 2. The van der Waals surface area contributed by atoms with Gasteiger partial charge in [0.25, 0.3) is 11.8 Å². The minimum Gasteiger partial charge on any atom is -0.497 e. The Morgan fingerprint density at radius 1 is 0.900 bits per heavy atom. The van der Waals surface area contributed by atoms with Crippen LogP contribution in [-0.4, -0.2) is 24.1 Å². The van der Waals surface area contributed by atoms with Gasteiger partial charge in [-0.3, -0.25) is 9.59 Å². The second kappa shape index (κ2) is 7.96. The molecule has 0 fully saturated rings. The summed E-state index contributed by atoms with van der Waals surface area (Å²) in [5.41, 5.74) is 8.03. The molecule has 1 heterocycles. The number of hydrogen-bond acceptors (Lipinski definition) is 6. The number of nitrogens with zero attached hydrogens (tertiary/aromatic N) is 1. The van der Waals surface area contributed by atoms with Crippen molar-refractivity contribution < 1.29 is 18.8 Å². The van der Waals surface area contributed by atoms with Crippen molar-refractivity contribution in [3.63, 3.8) is 0 Å². The molecule has 4 aromatic rings. The van der Waals surface area contributed by atoms with Gasteiger partial charge in [-0.2, -0.15) is 0 Å². The molecule has 4 rings (SSSR count). The average molecular weight is 402 g/mol. The van der Waals surface area contributed by atoms with Gasteiger partial charge in [-0.25, -0.2) is 0 Å². The van der Waals surface area contributed by atoms with E-state index in [1.54, 1.807) is 73.8 Å². The lowest BCUT2D eigenvalue weighted by Crippen LogP contribution is -2.16. The Bertz CT molecular complexity index is 1230. The molecule has 0 radical (unpaired) electrons. The number of fused-ring (bicyclic) bond motifs is 1. The number of methoxy groups -OCH3 is 1. The maximum atomic E-state index is 12.7. The zero-order valence-electron chi connectivity index (χ0n) is 16.0. The number of benzene rings is 3. The molecule has 4 N–H and O–H groups in total. The molecule has 0 spiro atoms. The van der Waals surface area contributed by atoms with E-state index in [9.17, 15) is 9.59 Å². The van der Waals surface area contributed by atoms with E-state index in [4.69, 9.17) is 15.0 Å². The topological polar surface area (TPSA) is 119 Å². The summed E-state index contributed by atoms with van der Waals surface area (Å²) in [6.07, 6.45) is 0. The van der Waals surface area contributed by atoms with E-state index in [1.165, 1.54) is 0 Å². The van der Waals surface area contributed by atoms with Crippen molar-refractivity contribution in [2.24, 2.45) is 0 Å². The summed E-state index contributed by atoms with van der Waals surface area (Å²) in [6, 6.07) is 18.5. The number of carbonyl (C=O) groups is 2. The summed E-state index contributed by atoms with van der Waals surface area (Å²) in [5.74, 6) is 0.207. The highest BCUT2D eigenvalue weighted by atomic mass is 16.5. The Morgan fingerprint density at radius 2 is 1.50 bits per heavy atom. The van der Waals surface area contributed by atoms with Crippen LogP contribution in [0.2, 0.25) is 0 Å². The molecule has 0 aliphatic heterocycles. The fraction of sp³-hybridized carbons (Fsp3) is 0.0455. The number of amides is 2. The molecule has 8 nitrogen and oxygen atoms in total. The number of nitrogen functional groups attached to an aromatic ring is 1. The van der Waals surface area contributed by atoms with Gasteiger partial charge in [0, 0.05) is 11.1 Å². The Morgan fingerprint density at radius 3 is 2.13 bits per heavy atom. The molecule has 3 aromatic carbocycles. The molecule has 0 bridgehead atoms. The van der Waals surface area contributed by atoms with Crippen LogP contribution in [-0.2, 0) is 0 Å². The Hall–Kier alpha value is -4.33. The van der Waals surface area contributed by atoms with Crippen molar-refractivity contribution >= 4 is 40.0 Å². The molecular formula is C22H18N4O4. The number of carbonyl (C=O) groups excluding carboxylic acids is 2. The second-order valence-electron chi connectivity index (χ2n) is 6.46. The minimum atomic E-state index is -0.358. The van der Waals surface area contributed by atoms with Crippen LogP contribution >= 0.6 is 0 Å². The minimum absolute atomic E-state index is 0.215. The van der Waals surface area contributed by atoms with E-state index < -0.39 is 0 Å². The van der Waals surface area contributed by atoms with Crippen molar-refractivity contribution in [3.05, 3.63) is 77.9 Å². The zero-order chi connectivity index (χ0) is 21.1. The lowest BCUT2D eigenvalue weighted by atomic mass is 10.1. The molecular weight excluding hydrogens is 384 g/mol. The number of aromatic nitrogens is 1. The van der Waals surface area contributed by atoms with Gasteiger partial charge < -0.3 is 25.6 Å². The monoisotopic (exact) mass is 402 g/mol. The first kappa shape index (κ1) is 19.0. The van der Waals surface area contributed by atoms with Crippen molar-refractivity contribution in [3.8, 4) is 5.75 Å². The first-order chi connectivity index (χ1) is 14.5. The van der Waals surface area contributed by atoms with Crippen molar-refractivity contribution in [1.29, 1.82) is 0 Å². The molecule has 0 aliphatic carbocycles. The summed E-state index contributed by atoms with van der Waals surface area (Å²) in [7, 11) is 1.56. The molecule has 1 aromatic heterocycles. The second-order valence-corrected chi connectivity index (χ2v) is 6.46. The van der Waals surface area contributed by atoms with Crippen LogP contribution < -0.4 is 21.1 Å². The number of hydrogen-bond donors (Lipinski definition) is 3. The predicted molar refractivity (Wildman–Crippen MR) is 114 cm³/mol. The van der Waals surface area contributed by atoms with Crippen LogP contribution in [0.5, 0.6) is 5.75 Å². The third-order valence-corrected chi connectivity index (χ3v) is 4.54. The SMILES string of the molecule is COc1ccc(C(=O)Nc2ccccc2NC(=O)c2ccc3onc(N)c3c2)cc1. The highest BCUT2D eigenvalue weighted by Gasteiger charge is 2.14. The van der Waals surface area contributed by atoms with Crippen molar-refractivity contribution in [2.75, 3.05) is 23.5 Å². The molecule has 0 saturated carbocycles. The Kier molecular flexibility index (Phi) is 5.04. The number of ether oxygens (including phenoxy) is 1. The highest BCUT2D eigenvalue weighted by molar-refractivity contribution is 6.11. The van der Waals surface area contributed by atoms with E-state index in [-0.39, 0.29) is 17.6 Å². The van der Waals surface area contributed by atoms with E-state index in [2.05, 4.69) is 15.8 Å². The largest absolute Gasteiger partial charge is 0.497 e. The standard InChI is InChI=1S/C22H18N4O4/c1-29-15-9-6-13(7-10-15)21(27)24-17-4-2-3-5-18(17)25-22(28)14-8-11-19-16(12-14)20(23)26-30-19/h2-12H,1H3,(H2,23,26)(H,24,27)(H,25,28). The maximum absolute atomic E-state index is 12.7. The van der Waals surface area contributed by atoms with Crippen LogP contribution in [0.15, 0.2) is 71.3 Å². The molecule has 0 aliphatic rings. The zero-order valence-corrected chi connectivity index (χ0v) is 16.0. The van der Waals surface area contributed by atoms with Gasteiger partial charge >= 0.3 is 0 Å². The molecule has 2 amide bonds. The first-order valence-corrected chi connectivity index (χ1v) is 9.06. The number of para-hydroxylation sites is 2. The average Bonchev–Trinajstić information content (AvgIpc) is 3.15. The normalized spacial score (nSPS) is 10.6. The summed E-state index contributed by atoms with van der Waals surface area (Å²) in [4.78, 5) is 25.3. The Balaban J connectivity index is 1.54. The molecule has 0 atom stereocenters. The van der Waals surface area contributed by atoms with Gasteiger partial charge in [-0.05, 0) is 54.6 Å². The molecule has 150 valence electrons. The van der Waals surface area contributed by atoms with Gasteiger partial charge in [-0.1, -0.05) is 17.3 Å². The van der Waals surface area contributed by atoms with Crippen LogP contribution in [0.3, 0.4) is 0 Å². The molecule has 0 saturated heterocycles. The van der Waals surface area contributed by atoms with Crippen LogP contribution in [0.4, 0.5) is 17.2 Å². The maximum Gasteiger partial charge on any atom is 0.255 e. The fourth-order valence-corrected chi connectivity index (χ4v) is 2.93. The van der Waals surface area contributed by atoms with Crippen molar-refractivity contribution in [2.45, 2.75) is 0 Å². The van der Waals surface area contributed by atoms with E-state index in [0.29, 0.717) is 39.2 Å². The fourth-order valence-electron chi connectivity index (χ4n) is 2.93. The molecule has 8 heteroatoms. The Labute approximate surface area is 171 Å². The summed E-state index contributed by atoms with van der Waals surface area (Å²) in [6.45, 7) is 0. The summed E-state index contributed by atoms with van der Waals surface area (Å²) in [5, 5.41) is 9.87. The number of nitrogens with two attached hydrogens (primary N) is 1. The first-order valence-electron chi connectivity index (χ1n) is 9.06. The lowest BCUT2D eigenvalue weighted by Gasteiger charge is -2.12. The predicted octanol–water partition coefficient (Wildman–Crippen LogP) is 3.92. The lowest BCUT2D eigenvalue weighted by molar-refractivity contribution is 0.101. The molecule has 0 unspecified atom stereocenters. The van der Waals surface area contributed by atoms with Gasteiger partial charge in [0.15, 0.2) is 11.4 Å². The third kappa shape index (κ3) is 3.79. The van der Waals surface area contributed by atoms with Crippen LogP contribution in [0, 0.1) is 0 Å². The summed E-state index contributed by atoms with van der Waals surface area (Å²) >= 11 is 0. The van der Waals surface area contributed by atoms with E-state index in [1.807, 2.05) is 0 Å². The van der Waals surface area contributed by atoms with Crippen molar-refractivity contribution in [1.82, 2.24) is 5.16 Å². The van der Waals surface area contributed by atoms with E-state index >= 15 is 0 Å². The quantitative estimate of drug-likeness (QED) is 0.465. The number of rotatable bonds is 5. The van der Waals surface area contributed by atoms with Gasteiger partial charge in [-0.15, -0.1) is 0 Å². The smallest absolute Gasteiger partial charge is 0.255 e. The highest BCUT2D eigenvalue weighted by Crippen LogP contribution is 2.25. The van der Waals surface area contributed by atoms with Crippen LogP contribution in [0.25, 0.3) is 11.0 Å². The number of anilines is 3.